The van der Waals surface area contributed by atoms with Crippen molar-refractivity contribution >= 4 is 11.6 Å². The highest BCUT2D eigenvalue weighted by atomic mass is 35.5. The first-order valence-corrected chi connectivity index (χ1v) is 7.02. The first-order chi connectivity index (χ1) is 9.97. The molecule has 1 N–H and O–H groups in total. The second-order valence-corrected chi connectivity index (χ2v) is 5.41. The van der Waals surface area contributed by atoms with Gasteiger partial charge in [-0.15, -0.1) is 0 Å². The summed E-state index contributed by atoms with van der Waals surface area (Å²) in [5.41, 5.74) is 3.66. The van der Waals surface area contributed by atoms with Gasteiger partial charge in [0.15, 0.2) is 11.5 Å². The number of methoxy groups -OCH3 is 2. The SMILES string of the molecule is COc1cc(C(O)c2cc(C)ccc2C)cc(Cl)c1OC. The summed E-state index contributed by atoms with van der Waals surface area (Å²) in [7, 11) is 3.08. The van der Waals surface area contributed by atoms with Gasteiger partial charge < -0.3 is 14.6 Å². The van der Waals surface area contributed by atoms with E-state index in [2.05, 4.69) is 0 Å². The lowest BCUT2D eigenvalue weighted by molar-refractivity contribution is 0.218. The fourth-order valence-electron chi connectivity index (χ4n) is 2.33. The van der Waals surface area contributed by atoms with Crippen molar-refractivity contribution in [2.45, 2.75) is 20.0 Å². The van der Waals surface area contributed by atoms with E-state index < -0.39 is 6.10 Å². The van der Waals surface area contributed by atoms with Crippen molar-refractivity contribution in [2.75, 3.05) is 14.2 Å². The second-order valence-electron chi connectivity index (χ2n) is 5.00. The fourth-order valence-corrected chi connectivity index (χ4v) is 2.63. The summed E-state index contributed by atoms with van der Waals surface area (Å²) in [4.78, 5) is 0. The third-order valence-corrected chi connectivity index (χ3v) is 3.78. The Morgan fingerprint density at radius 2 is 1.76 bits per heavy atom. The van der Waals surface area contributed by atoms with Gasteiger partial charge in [0.25, 0.3) is 0 Å². The van der Waals surface area contributed by atoms with Crippen LogP contribution < -0.4 is 9.47 Å². The monoisotopic (exact) mass is 306 g/mol. The molecular weight excluding hydrogens is 288 g/mol. The van der Waals surface area contributed by atoms with Crippen LogP contribution >= 0.6 is 11.6 Å². The predicted molar refractivity (Wildman–Crippen MR) is 84.5 cm³/mol. The van der Waals surface area contributed by atoms with E-state index in [-0.39, 0.29) is 0 Å². The minimum Gasteiger partial charge on any atom is -0.493 e. The van der Waals surface area contributed by atoms with E-state index in [4.69, 9.17) is 21.1 Å². The smallest absolute Gasteiger partial charge is 0.179 e. The lowest BCUT2D eigenvalue weighted by atomic mass is 9.95. The van der Waals surface area contributed by atoms with Crippen LogP contribution in [0, 0.1) is 13.8 Å². The molecule has 0 heterocycles. The summed E-state index contributed by atoms with van der Waals surface area (Å²) in [6.45, 7) is 3.97. The third kappa shape index (κ3) is 3.14. The van der Waals surface area contributed by atoms with Crippen LogP contribution in [0.5, 0.6) is 11.5 Å². The molecule has 0 aliphatic carbocycles. The van der Waals surface area contributed by atoms with Crippen molar-refractivity contribution in [2.24, 2.45) is 0 Å². The minimum atomic E-state index is -0.762. The Morgan fingerprint density at radius 1 is 1.05 bits per heavy atom. The van der Waals surface area contributed by atoms with Crippen LogP contribution in [0.25, 0.3) is 0 Å². The quantitative estimate of drug-likeness (QED) is 0.926. The van der Waals surface area contributed by atoms with Crippen LogP contribution in [-0.4, -0.2) is 19.3 Å². The number of aliphatic hydroxyl groups is 1. The van der Waals surface area contributed by atoms with Gasteiger partial charge in [0, 0.05) is 0 Å². The van der Waals surface area contributed by atoms with Crippen molar-refractivity contribution < 1.29 is 14.6 Å². The molecule has 0 saturated heterocycles. The molecule has 0 spiro atoms. The summed E-state index contributed by atoms with van der Waals surface area (Å²) in [6.07, 6.45) is -0.762. The number of hydrogen-bond acceptors (Lipinski definition) is 3. The van der Waals surface area contributed by atoms with Crippen molar-refractivity contribution in [1.82, 2.24) is 0 Å². The molecule has 0 amide bonds. The molecule has 3 nitrogen and oxygen atoms in total. The molecular formula is C17H19ClO3. The zero-order valence-electron chi connectivity index (χ0n) is 12.6. The molecule has 0 radical (unpaired) electrons. The molecule has 0 bridgehead atoms. The van der Waals surface area contributed by atoms with Gasteiger partial charge in [0.05, 0.1) is 19.2 Å². The maximum absolute atomic E-state index is 10.7. The van der Waals surface area contributed by atoms with Crippen LogP contribution in [0.3, 0.4) is 0 Å². The lowest BCUT2D eigenvalue weighted by Crippen LogP contribution is -2.04. The van der Waals surface area contributed by atoms with E-state index in [9.17, 15) is 5.11 Å². The van der Waals surface area contributed by atoms with Gasteiger partial charge in [0.1, 0.15) is 6.10 Å². The molecule has 0 saturated carbocycles. The Bertz CT molecular complexity index is 653. The Labute approximate surface area is 130 Å². The van der Waals surface area contributed by atoms with E-state index in [0.717, 1.165) is 16.7 Å². The number of aliphatic hydroxyl groups excluding tert-OH is 1. The maximum Gasteiger partial charge on any atom is 0.179 e. The first-order valence-electron chi connectivity index (χ1n) is 6.64. The average Bonchev–Trinajstić information content (AvgIpc) is 2.48. The van der Waals surface area contributed by atoms with Gasteiger partial charge in [0.2, 0.25) is 0 Å². The fraction of sp³-hybridized carbons (Fsp3) is 0.294. The first kappa shape index (κ1) is 15.7. The van der Waals surface area contributed by atoms with E-state index in [1.165, 1.54) is 7.11 Å². The average molecular weight is 307 g/mol. The van der Waals surface area contributed by atoms with Crippen molar-refractivity contribution in [3.05, 3.63) is 57.6 Å². The van der Waals surface area contributed by atoms with E-state index in [0.29, 0.717) is 22.1 Å². The van der Waals surface area contributed by atoms with Crippen LogP contribution in [-0.2, 0) is 0 Å². The Balaban J connectivity index is 2.50. The van der Waals surface area contributed by atoms with Crippen LogP contribution in [0.1, 0.15) is 28.4 Å². The van der Waals surface area contributed by atoms with Gasteiger partial charge in [-0.2, -0.15) is 0 Å². The van der Waals surface area contributed by atoms with Crippen LogP contribution in [0.4, 0.5) is 0 Å². The molecule has 1 unspecified atom stereocenters. The van der Waals surface area contributed by atoms with E-state index >= 15 is 0 Å². The lowest BCUT2D eigenvalue weighted by Gasteiger charge is -2.18. The molecule has 112 valence electrons. The van der Waals surface area contributed by atoms with Crippen LogP contribution in [0.15, 0.2) is 30.3 Å². The van der Waals surface area contributed by atoms with Crippen LogP contribution in [0.2, 0.25) is 5.02 Å². The Morgan fingerprint density at radius 3 is 2.38 bits per heavy atom. The molecule has 1 atom stereocenters. The highest BCUT2D eigenvalue weighted by Crippen LogP contribution is 2.39. The molecule has 2 rings (SSSR count). The summed E-state index contributed by atoms with van der Waals surface area (Å²) >= 11 is 6.20. The minimum absolute atomic E-state index is 0.413. The van der Waals surface area contributed by atoms with Crippen molar-refractivity contribution in [3.8, 4) is 11.5 Å². The summed E-state index contributed by atoms with van der Waals surface area (Å²) in [6, 6.07) is 9.44. The highest BCUT2D eigenvalue weighted by Gasteiger charge is 2.18. The van der Waals surface area contributed by atoms with Gasteiger partial charge in [-0.3, -0.25) is 0 Å². The number of halogens is 1. The number of ether oxygens (including phenoxy) is 2. The van der Waals surface area contributed by atoms with Crippen molar-refractivity contribution in [1.29, 1.82) is 0 Å². The summed E-state index contributed by atoms with van der Waals surface area (Å²) < 4.78 is 10.5. The standard InChI is InChI=1S/C17H19ClO3/c1-10-5-6-11(2)13(7-10)16(19)12-8-14(18)17(21-4)15(9-12)20-3/h5-9,16,19H,1-4H3. The number of benzene rings is 2. The normalized spacial score (nSPS) is 12.1. The van der Waals surface area contributed by atoms with E-state index in [1.807, 2.05) is 32.0 Å². The van der Waals surface area contributed by atoms with Gasteiger partial charge in [-0.25, -0.2) is 0 Å². The Hall–Kier alpha value is -1.71. The molecule has 21 heavy (non-hydrogen) atoms. The molecule has 2 aromatic carbocycles. The Kier molecular flexibility index (Phi) is 4.76. The molecule has 0 aliphatic heterocycles. The molecule has 0 aliphatic rings. The summed E-state index contributed by atoms with van der Waals surface area (Å²) in [5, 5.41) is 11.1. The molecule has 2 aromatic rings. The van der Waals surface area contributed by atoms with E-state index in [1.54, 1.807) is 19.2 Å². The van der Waals surface area contributed by atoms with Gasteiger partial charge in [-0.1, -0.05) is 35.4 Å². The third-order valence-electron chi connectivity index (χ3n) is 3.50. The molecule has 0 aromatic heterocycles. The largest absolute Gasteiger partial charge is 0.493 e. The second kappa shape index (κ2) is 6.37. The predicted octanol–water partition coefficient (Wildman–Crippen LogP) is 4.06. The number of aryl methyl sites for hydroxylation is 2. The highest BCUT2D eigenvalue weighted by molar-refractivity contribution is 6.32. The maximum atomic E-state index is 10.7. The summed E-state index contributed by atoms with van der Waals surface area (Å²) in [5.74, 6) is 0.973. The molecule has 4 heteroatoms. The molecule has 0 fully saturated rings. The van der Waals surface area contributed by atoms with Gasteiger partial charge in [-0.05, 0) is 42.7 Å². The zero-order chi connectivity index (χ0) is 15.6. The van der Waals surface area contributed by atoms with Gasteiger partial charge >= 0.3 is 0 Å². The zero-order valence-corrected chi connectivity index (χ0v) is 13.4. The number of hydrogen-bond donors (Lipinski definition) is 1. The number of rotatable bonds is 4. The topological polar surface area (TPSA) is 38.7 Å². The van der Waals surface area contributed by atoms with Crippen molar-refractivity contribution in [3.63, 3.8) is 0 Å².